The first kappa shape index (κ1) is 15.7. The zero-order valence-electron chi connectivity index (χ0n) is 14.2. The molecule has 0 aliphatic carbocycles. The number of rotatable bonds is 3. The molecule has 130 valence electrons. The van der Waals surface area contributed by atoms with E-state index in [4.69, 9.17) is 8.83 Å². The molecule has 0 saturated carbocycles. The third-order valence-corrected chi connectivity index (χ3v) is 4.69. The third-order valence-electron chi connectivity index (χ3n) is 4.69. The lowest BCUT2D eigenvalue weighted by Crippen LogP contribution is -2.34. The van der Waals surface area contributed by atoms with Crippen LogP contribution in [0.3, 0.4) is 0 Å². The lowest BCUT2D eigenvalue weighted by molar-refractivity contribution is 0.0652. The van der Waals surface area contributed by atoms with Gasteiger partial charge in [-0.2, -0.15) is 5.10 Å². The van der Waals surface area contributed by atoms with Crippen LogP contribution in [0.25, 0.3) is 11.5 Å². The monoisotopic (exact) mass is 339 g/mol. The Balaban J connectivity index is 1.61. The maximum absolute atomic E-state index is 13.1. The summed E-state index contributed by atoms with van der Waals surface area (Å²) in [5, 5.41) is 7.12. The summed E-state index contributed by atoms with van der Waals surface area (Å²) in [6, 6.07) is 9.29. The topological polar surface area (TPSA) is 75.3 Å². The molecule has 25 heavy (non-hydrogen) atoms. The average Bonchev–Trinajstić information content (AvgIpc) is 3.34. The van der Waals surface area contributed by atoms with Crippen molar-refractivity contribution in [1.82, 2.24) is 15.1 Å². The predicted molar refractivity (Wildman–Crippen MR) is 92.0 cm³/mol. The smallest absolute Gasteiger partial charge is 0.274 e. The van der Waals surface area contributed by atoms with Gasteiger partial charge in [-0.1, -0.05) is 12.8 Å². The van der Waals surface area contributed by atoms with Crippen LogP contribution in [0.4, 0.5) is 0 Å². The molecule has 0 spiro atoms. The number of H-pyrrole nitrogens is 1. The van der Waals surface area contributed by atoms with Gasteiger partial charge in [-0.25, -0.2) is 0 Å². The van der Waals surface area contributed by atoms with Crippen LogP contribution in [0.1, 0.15) is 53.7 Å². The Morgan fingerprint density at radius 1 is 1.28 bits per heavy atom. The second kappa shape index (κ2) is 6.63. The van der Waals surface area contributed by atoms with E-state index in [0.29, 0.717) is 23.7 Å². The summed E-state index contributed by atoms with van der Waals surface area (Å²) in [6.07, 6.45) is 5.78. The van der Waals surface area contributed by atoms with Crippen LogP contribution in [0, 0.1) is 6.92 Å². The number of hydrogen-bond donors (Lipinski definition) is 1. The van der Waals surface area contributed by atoms with Crippen molar-refractivity contribution in [3.8, 4) is 11.5 Å². The highest BCUT2D eigenvalue weighted by Gasteiger charge is 2.30. The first-order valence-electron chi connectivity index (χ1n) is 8.69. The average molecular weight is 339 g/mol. The molecule has 0 aromatic carbocycles. The van der Waals surface area contributed by atoms with E-state index in [1.807, 2.05) is 36.1 Å². The van der Waals surface area contributed by atoms with Gasteiger partial charge in [-0.05, 0) is 44.0 Å². The quantitative estimate of drug-likeness (QED) is 0.770. The molecule has 1 aliphatic heterocycles. The second-order valence-electron chi connectivity index (χ2n) is 6.46. The van der Waals surface area contributed by atoms with Crippen LogP contribution in [-0.4, -0.2) is 27.5 Å². The molecule has 1 amide bonds. The highest BCUT2D eigenvalue weighted by molar-refractivity contribution is 5.93. The summed E-state index contributed by atoms with van der Waals surface area (Å²) in [4.78, 5) is 15.0. The molecule has 0 radical (unpaired) electrons. The van der Waals surface area contributed by atoms with Gasteiger partial charge in [0.05, 0.1) is 12.3 Å². The Morgan fingerprint density at radius 3 is 2.96 bits per heavy atom. The van der Waals surface area contributed by atoms with Crippen LogP contribution in [0.15, 0.2) is 45.4 Å². The fraction of sp³-hybridized carbons (Fsp3) is 0.368. The number of aromatic amines is 1. The molecule has 3 aromatic heterocycles. The predicted octanol–water partition coefficient (Wildman–Crippen LogP) is 4.33. The molecule has 3 aromatic rings. The first-order chi connectivity index (χ1) is 12.2. The molecule has 0 bridgehead atoms. The van der Waals surface area contributed by atoms with Gasteiger partial charge in [0.15, 0.2) is 11.5 Å². The molecule has 4 heterocycles. The van der Waals surface area contributed by atoms with Crippen molar-refractivity contribution in [2.24, 2.45) is 0 Å². The van der Waals surface area contributed by atoms with Crippen molar-refractivity contribution in [1.29, 1.82) is 0 Å². The number of carbonyl (C=O) groups is 1. The van der Waals surface area contributed by atoms with E-state index in [1.54, 1.807) is 12.3 Å². The van der Waals surface area contributed by atoms with Crippen molar-refractivity contribution in [3.63, 3.8) is 0 Å². The summed E-state index contributed by atoms with van der Waals surface area (Å²) < 4.78 is 11.2. The van der Waals surface area contributed by atoms with Gasteiger partial charge in [0.2, 0.25) is 0 Å². The molecule has 1 N–H and O–H groups in total. The summed E-state index contributed by atoms with van der Waals surface area (Å²) in [5.74, 6) is 2.27. The van der Waals surface area contributed by atoms with Gasteiger partial charge >= 0.3 is 0 Å². The zero-order valence-corrected chi connectivity index (χ0v) is 14.2. The second-order valence-corrected chi connectivity index (χ2v) is 6.46. The highest BCUT2D eigenvalue weighted by Crippen LogP contribution is 2.32. The molecular formula is C19H21N3O3. The molecule has 6 nitrogen and oxygen atoms in total. The minimum absolute atomic E-state index is 0.0315. The summed E-state index contributed by atoms with van der Waals surface area (Å²) in [5.41, 5.74) is 1.11. The van der Waals surface area contributed by atoms with Gasteiger partial charge in [0.1, 0.15) is 17.2 Å². The lowest BCUT2D eigenvalue weighted by Gasteiger charge is -2.27. The van der Waals surface area contributed by atoms with Crippen LogP contribution in [0.5, 0.6) is 0 Å². The van der Waals surface area contributed by atoms with E-state index in [9.17, 15) is 4.79 Å². The van der Waals surface area contributed by atoms with E-state index in [2.05, 4.69) is 10.2 Å². The van der Waals surface area contributed by atoms with Crippen LogP contribution in [-0.2, 0) is 0 Å². The molecular weight excluding hydrogens is 318 g/mol. The van der Waals surface area contributed by atoms with E-state index >= 15 is 0 Å². The third kappa shape index (κ3) is 3.12. The fourth-order valence-corrected chi connectivity index (χ4v) is 3.41. The van der Waals surface area contributed by atoms with Crippen LogP contribution < -0.4 is 0 Å². The van der Waals surface area contributed by atoms with E-state index in [-0.39, 0.29) is 11.9 Å². The maximum Gasteiger partial charge on any atom is 0.274 e. The van der Waals surface area contributed by atoms with Crippen molar-refractivity contribution >= 4 is 5.91 Å². The van der Waals surface area contributed by atoms with Crippen molar-refractivity contribution in [2.75, 3.05) is 6.54 Å². The Bertz CT molecular complexity index is 847. The number of furan rings is 2. The van der Waals surface area contributed by atoms with E-state index in [0.717, 1.165) is 37.2 Å². The van der Waals surface area contributed by atoms with Crippen LogP contribution >= 0.6 is 0 Å². The van der Waals surface area contributed by atoms with Gasteiger partial charge < -0.3 is 13.7 Å². The molecule has 1 aliphatic rings. The number of aryl methyl sites for hydroxylation is 1. The number of carbonyl (C=O) groups excluding carboxylic acids is 1. The Morgan fingerprint density at radius 2 is 2.20 bits per heavy atom. The minimum atomic E-state index is -0.0749. The number of likely N-dealkylation sites (tertiary alicyclic amines) is 1. The number of amides is 1. The molecule has 6 heteroatoms. The Hall–Kier alpha value is -2.76. The standard InChI is InChI=1S/C19H21N3O3/c1-13-8-9-17(25-13)14-12-15(21-20-14)19(23)22-10-4-2-3-6-16(22)18-7-5-11-24-18/h5,7-9,11-12,16H,2-4,6,10H2,1H3,(H,20,21)/t16-/m1/s1. The summed E-state index contributed by atoms with van der Waals surface area (Å²) in [7, 11) is 0. The molecule has 1 atom stereocenters. The normalized spacial score (nSPS) is 18.3. The van der Waals surface area contributed by atoms with Gasteiger partial charge in [-0.15, -0.1) is 0 Å². The zero-order chi connectivity index (χ0) is 17.2. The van der Waals surface area contributed by atoms with Gasteiger partial charge in [0, 0.05) is 12.6 Å². The minimum Gasteiger partial charge on any atom is -0.467 e. The van der Waals surface area contributed by atoms with Crippen molar-refractivity contribution in [2.45, 2.75) is 38.6 Å². The summed E-state index contributed by atoms with van der Waals surface area (Å²) in [6.45, 7) is 2.60. The first-order valence-corrected chi connectivity index (χ1v) is 8.69. The van der Waals surface area contributed by atoms with Crippen molar-refractivity contribution in [3.05, 3.63) is 53.8 Å². The number of nitrogens with one attached hydrogen (secondary N) is 1. The molecule has 0 unspecified atom stereocenters. The maximum atomic E-state index is 13.1. The lowest BCUT2D eigenvalue weighted by atomic mass is 10.1. The Labute approximate surface area is 145 Å². The van der Waals surface area contributed by atoms with Crippen LogP contribution in [0.2, 0.25) is 0 Å². The molecule has 4 rings (SSSR count). The SMILES string of the molecule is Cc1ccc(-c2cc(C(=O)N3CCCCC[C@@H]3c3ccco3)n[nH]2)o1. The molecule has 1 fully saturated rings. The van der Waals surface area contributed by atoms with E-state index < -0.39 is 0 Å². The van der Waals surface area contributed by atoms with Crippen molar-refractivity contribution < 1.29 is 13.6 Å². The largest absolute Gasteiger partial charge is 0.467 e. The van der Waals surface area contributed by atoms with E-state index in [1.165, 1.54) is 0 Å². The number of aromatic nitrogens is 2. The summed E-state index contributed by atoms with van der Waals surface area (Å²) >= 11 is 0. The van der Waals surface area contributed by atoms with Gasteiger partial charge in [0.25, 0.3) is 5.91 Å². The molecule has 1 saturated heterocycles. The Kier molecular flexibility index (Phi) is 4.17. The number of hydrogen-bond acceptors (Lipinski definition) is 4. The number of nitrogens with zero attached hydrogens (tertiary/aromatic N) is 2. The highest BCUT2D eigenvalue weighted by atomic mass is 16.3. The van der Waals surface area contributed by atoms with Gasteiger partial charge in [-0.3, -0.25) is 9.89 Å². The fourth-order valence-electron chi connectivity index (χ4n) is 3.41.